The zero-order valence-electron chi connectivity index (χ0n) is 21.5. The van der Waals surface area contributed by atoms with Crippen molar-refractivity contribution >= 4 is 23.7 Å². The van der Waals surface area contributed by atoms with Gasteiger partial charge in [0.25, 0.3) is 5.69 Å². The van der Waals surface area contributed by atoms with E-state index >= 15 is 0 Å². The number of carbonyl (C=O) groups is 3. The molecule has 202 valence electrons. The second kappa shape index (κ2) is 11.8. The largest absolute Gasteiger partial charge is 0.480 e. The first-order valence-corrected chi connectivity index (χ1v) is 12.5. The number of non-ortho nitro benzene ring substituents is 1. The van der Waals surface area contributed by atoms with Gasteiger partial charge >= 0.3 is 12.1 Å². The normalized spacial score (nSPS) is 13.6. The zero-order chi connectivity index (χ0) is 28.1. The molecule has 0 saturated heterocycles. The highest BCUT2D eigenvalue weighted by atomic mass is 16.6. The van der Waals surface area contributed by atoms with Crippen LogP contribution in [0.1, 0.15) is 36.5 Å². The number of nitrogens with one attached hydrogen (secondary N) is 2. The smallest absolute Gasteiger partial charge is 0.407 e. The number of aliphatic carboxylic acids is 1. The molecule has 10 nitrogen and oxygen atoms in total. The van der Waals surface area contributed by atoms with Crippen LogP contribution in [0.4, 0.5) is 10.5 Å². The van der Waals surface area contributed by atoms with Crippen molar-refractivity contribution in [2.24, 2.45) is 5.92 Å². The van der Waals surface area contributed by atoms with Crippen LogP contribution in [-0.4, -0.2) is 46.7 Å². The molecule has 0 heterocycles. The van der Waals surface area contributed by atoms with E-state index in [1.165, 1.54) is 24.3 Å². The number of carboxylic acids is 1. The monoisotopic (exact) mass is 531 g/mol. The lowest BCUT2D eigenvalue weighted by molar-refractivity contribution is -0.384. The van der Waals surface area contributed by atoms with E-state index in [0.717, 1.165) is 22.3 Å². The quantitative estimate of drug-likeness (QED) is 0.261. The molecule has 4 rings (SSSR count). The van der Waals surface area contributed by atoms with Crippen LogP contribution in [0.5, 0.6) is 0 Å². The van der Waals surface area contributed by atoms with Gasteiger partial charge in [0.15, 0.2) is 0 Å². The first-order valence-electron chi connectivity index (χ1n) is 12.5. The van der Waals surface area contributed by atoms with Gasteiger partial charge in [-0.2, -0.15) is 0 Å². The Balaban J connectivity index is 1.39. The molecule has 0 radical (unpaired) electrons. The van der Waals surface area contributed by atoms with Crippen LogP contribution in [0.15, 0.2) is 72.8 Å². The Labute approximate surface area is 225 Å². The fraction of sp³-hybridized carbons (Fsp3) is 0.276. The summed E-state index contributed by atoms with van der Waals surface area (Å²) in [4.78, 5) is 47.9. The molecule has 0 unspecified atom stereocenters. The Hall–Kier alpha value is -4.73. The lowest BCUT2D eigenvalue weighted by Gasteiger charge is -2.24. The topological polar surface area (TPSA) is 148 Å². The van der Waals surface area contributed by atoms with Crippen molar-refractivity contribution in [3.63, 3.8) is 0 Å². The highest BCUT2D eigenvalue weighted by Crippen LogP contribution is 2.44. The van der Waals surface area contributed by atoms with Crippen LogP contribution in [0, 0.1) is 16.0 Å². The predicted octanol–water partition coefficient (Wildman–Crippen LogP) is 4.27. The van der Waals surface area contributed by atoms with Gasteiger partial charge in [-0.25, -0.2) is 9.59 Å². The Morgan fingerprint density at radius 1 is 0.923 bits per heavy atom. The number of fused-ring (bicyclic) bond motifs is 3. The lowest BCUT2D eigenvalue weighted by Crippen LogP contribution is -2.54. The third-order valence-electron chi connectivity index (χ3n) is 6.77. The van der Waals surface area contributed by atoms with E-state index in [-0.39, 0.29) is 30.6 Å². The highest BCUT2D eigenvalue weighted by molar-refractivity contribution is 5.89. The molecule has 2 amide bonds. The fourth-order valence-electron chi connectivity index (χ4n) is 4.75. The molecule has 1 aliphatic carbocycles. The number of rotatable bonds is 10. The predicted molar refractivity (Wildman–Crippen MR) is 143 cm³/mol. The molecule has 0 spiro atoms. The molecular formula is C29H29N3O7. The van der Waals surface area contributed by atoms with Crippen LogP contribution in [0.3, 0.4) is 0 Å². The van der Waals surface area contributed by atoms with Crippen molar-refractivity contribution in [2.75, 3.05) is 6.61 Å². The highest BCUT2D eigenvalue weighted by Gasteiger charge is 2.32. The SMILES string of the molecule is CC(C)[C@H](NC(=O)OCC1c2ccccc2-c2ccccc21)C(=O)N[C@@H](Cc1ccc([N+](=O)[O-])cc1)C(=O)O. The number of nitrogens with zero attached hydrogens (tertiary/aromatic N) is 1. The summed E-state index contributed by atoms with van der Waals surface area (Å²) in [5.74, 6) is -2.45. The first kappa shape index (κ1) is 27.3. The summed E-state index contributed by atoms with van der Waals surface area (Å²) in [6.45, 7) is 3.52. The van der Waals surface area contributed by atoms with Gasteiger partial charge in [-0.3, -0.25) is 14.9 Å². The summed E-state index contributed by atoms with van der Waals surface area (Å²) in [5, 5.41) is 25.6. The Morgan fingerprint density at radius 2 is 1.49 bits per heavy atom. The number of hydrogen-bond donors (Lipinski definition) is 3. The minimum Gasteiger partial charge on any atom is -0.480 e. The number of carboxylic acid groups (broad SMARTS) is 1. The van der Waals surface area contributed by atoms with Crippen LogP contribution in [0.25, 0.3) is 11.1 Å². The van der Waals surface area contributed by atoms with Gasteiger partial charge < -0.3 is 20.5 Å². The second-order valence-corrected chi connectivity index (χ2v) is 9.72. The van der Waals surface area contributed by atoms with E-state index in [0.29, 0.717) is 5.56 Å². The van der Waals surface area contributed by atoms with Gasteiger partial charge in [0.2, 0.25) is 5.91 Å². The molecular weight excluding hydrogens is 502 g/mol. The number of ether oxygens (including phenoxy) is 1. The molecule has 0 bridgehead atoms. The van der Waals surface area contributed by atoms with Crippen molar-refractivity contribution < 1.29 is 29.2 Å². The van der Waals surface area contributed by atoms with Crippen LogP contribution in [-0.2, 0) is 20.7 Å². The van der Waals surface area contributed by atoms with Crippen LogP contribution >= 0.6 is 0 Å². The Bertz CT molecular complexity index is 1340. The van der Waals surface area contributed by atoms with E-state index in [1.54, 1.807) is 13.8 Å². The zero-order valence-corrected chi connectivity index (χ0v) is 21.5. The Kier molecular flexibility index (Phi) is 8.24. The van der Waals surface area contributed by atoms with Crippen molar-refractivity contribution in [2.45, 2.75) is 38.3 Å². The third kappa shape index (κ3) is 6.23. The number of benzene rings is 3. The number of nitro groups is 1. The average Bonchev–Trinajstić information content (AvgIpc) is 3.23. The maximum absolute atomic E-state index is 13.0. The van der Waals surface area contributed by atoms with Gasteiger partial charge in [-0.1, -0.05) is 74.5 Å². The van der Waals surface area contributed by atoms with E-state index in [9.17, 15) is 29.6 Å². The summed E-state index contributed by atoms with van der Waals surface area (Å²) in [7, 11) is 0. The summed E-state index contributed by atoms with van der Waals surface area (Å²) in [6.07, 6.45) is -0.873. The number of amides is 2. The molecule has 0 aromatic heterocycles. The van der Waals surface area contributed by atoms with Gasteiger partial charge in [0, 0.05) is 24.5 Å². The summed E-state index contributed by atoms with van der Waals surface area (Å²) in [6, 6.07) is 18.9. The minimum absolute atomic E-state index is 0.0736. The molecule has 10 heteroatoms. The molecule has 0 fully saturated rings. The van der Waals surface area contributed by atoms with Gasteiger partial charge in [0.1, 0.15) is 18.7 Å². The van der Waals surface area contributed by atoms with E-state index in [4.69, 9.17) is 4.74 Å². The van der Waals surface area contributed by atoms with Gasteiger partial charge in [-0.05, 0) is 33.7 Å². The molecule has 3 N–H and O–H groups in total. The number of nitro benzene ring substituents is 1. The molecule has 0 saturated carbocycles. The number of alkyl carbamates (subject to hydrolysis) is 1. The standard InChI is InChI=1S/C29H29N3O7/c1-17(2)26(27(33)30-25(28(34)35)15-18-11-13-19(14-12-18)32(37)38)31-29(36)39-16-24-22-9-5-3-7-20(22)21-8-4-6-10-23(21)24/h3-14,17,24-26H,15-16H2,1-2H3,(H,30,33)(H,31,36)(H,34,35)/t25-,26-/m0/s1. The first-order chi connectivity index (χ1) is 18.7. The molecule has 3 aromatic carbocycles. The molecule has 39 heavy (non-hydrogen) atoms. The molecule has 1 aliphatic rings. The van der Waals surface area contributed by atoms with Crippen LogP contribution in [0.2, 0.25) is 0 Å². The Morgan fingerprint density at radius 3 is 2.00 bits per heavy atom. The number of hydrogen-bond acceptors (Lipinski definition) is 6. The van der Waals surface area contributed by atoms with Crippen molar-refractivity contribution in [1.29, 1.82) is 0 Å². The summed E-state index contributed by atoms with van der Waals surface area (Å²) < 4.78 is 5.55. The molecule has 3 aromatic rings. The minimum atomic E-state index is -1.30. The van der Waals surface area contributed by atoms with E-state index in [1.807, 2.05) is 48.5 Å². The molecule has 0 aliphatic heterocycles. The maximum atomic E-state index is 13.0. The van der Waals surface area contributed by atoms with Gasteiger partial charge in [-0.15, -0.1) is 0 Å². The number of carbonyl (C=O) groups excluding carboxylic acids is 2. The second-order valence-electron chi connectivity index (χ2n) is 9.72. The lowest BCUT2D eigenvalue weighted by atomic mass is 9.98. The summed E-state index contributed by atoms with van der Waals surface area (Å²) >= 11 is 0. The van der Waals surface area contributed by atoms with Crippen molar-refractivity contribution in [3.05, 3.63) is 99.6 Å². The van der Waals surface area contributed by atoms with Gasteiger partial charge in [0.05, 0.1) is 4.92 Å². The fourth-order valence-corrected chi connectivity index (χ4v) is 4.75. The third-order valence-corrected chi connectivity index (χ3v) is 6.77. The maximum Gasteiger partial charge on any atom is 0.407 e. The van der Waals surface area contributed by atoms with Crippen molar-refractivity contribution in [1.82, 2.24) is 10.6 Å². The van der Waals surface area contributed by atoms with E-state index in [2.05, 4.69) is 10.6 Å². The van der Waals surface area contributed by atoms with Crippen molar-refractivity contribution in [3.8, 4) is 11.1 Å². The van der Waals surface area contributed by atoms with Crippen LogP contribution < -0.4 is 10.6 Å². The average molecular weight is 532 g/mol. The van der Waals surface area contributed by atoms with E-state index < -0.39 is 35.0 Å². The summed E-state index contributed by atoms with van der Waals surface area (Å²) in [5.41, 5.74) is 4.67. The molecule has 2 atom stereocenters.